The van der Waals surface area contributed by atoms with Crippen molar-refractivity contribution < 1.29 is 9.59 Å². The van der Waals surface area contributed by atoms with Gasteiger partial charge in [-0.3, -0.25) is 14.6 Å². The zero-order chi connectivity index (χ0) is 21.8. The minimum Gasteiger partial charge on any atom is -0.366 e. The van der Waals surface area contributed by atoms with Gasteiger partial charge in [0.1, 0.15) is 0 Å². The van der Waals surface area contributed by atoms with E-state index in [9.17, 15) is 9.59 Å². The fraction of sp³-hybridized carbons (Fsp3) is 0.269. The summed E-state index contributed by atoms with van der Waals surface area (Å²) in [6.45, 7) is 2.17. The van der Waals surface area contributed by atoms with Crippen LogP contribution in [0.15, 0.2) is 66.9 Å². The van der Waals surface area contributed by atoms with Crippen LogP contribution in [0.1, 0.15) is 41.4 Å². The average molecular weight is 414 g/mol. The molecular weight excluding hydrogens is 386 g/mol. The van der Waals surface area contributed by atoms with Crippen molar-refractivity contribution in [2.75, 3.05) is 5.32 Å². The zero-order valence-corrected chi connectivity index (χ0v) is 17.7. The number of carbonyl (C=O) groups excluding carboxylic acids is 2. The second kappa shape index (κ2) is 9.13. The second-order valence-electron chi connectivity index (χ2n) is 8.37. The summed E-state index contributed by atoms with van der Waals surface area (Å²) in [4.78, 5) is 28.6. The molecular formula is C26H27N3O2. The van der Waals surface area contributed by atoms with Crippen molar-refractivity contribution in [3.63, 3.8) is 0 Å². The summed E-state index contributed by atoms with van der Waals surface area (Å²) in [5, 5.41) is 3.04. The van der Waals surface area contributed by atoms with E-state index in [1.807, 2.05) is 48.5 Å². The average Bonchev–Trinajstić information content (AvgIpc) is 2.93. The number of hydrogen-bond donors (Lipinski definition) is 2. The van der Waals surface area contributed by atoms with Crippen molar-refractivity contribution in [1.29, 1.82) is 0 Å². The molecule has 3 aromatic rings. The monoisotopic (exact) mass is 413 g/mol. The smallest absolute Gasteiger partial charge is 0.250 e. The number of amides is 2. The Kier molecular flexibility index (Phi) is 6.12. The normalized spacial score (nSPS) is 18.0. The van der Waals surface area contributed by atoms with Crippen LogP contribution in [0, 0.1) is 11.8 Å². The van der Waals surface area contributed by atoms with Crippen LogP contribution in [-0.2, 0) is 17.6 Å². The molecule has 0 saturated heterocycles. The summed E-state index contributed by atoms with van der Waals surface area (Å²) in [6, 6.07) is 20.0. The Morgan fingerprint density at radius 1 is 1.06 bits per heavy atom. The van der Waals surface area contributed by atoms with Crippen molar-refractivity contribution >= 4 is 17.5 Å². The van der Waals surface area contributed by atoms with Crippen LogP contribution in [0.2, 0.25) is 0 Å². The SMILES string of the molecule is CC1Cc2ncc(C(N)=O)cc2CCC1CC(=O)Nc1ccc(-c2ccccc2)cc1. The Bertz CT molecular complexity index is 1080. The van der Waals surface area contributed by atoms with Crippen LogP contribution in [-0.4, -0.2) is 16.8 Å². The summed E-state index contributed by atoms with van der Waals surface area (Å²) < 4.78 is 0. The second-order valence-corrected chi connectivity index (χ2v) is 8.37. The molecule has 3 N–H and O–H groups in total. The summed E-state index contributed by atoms with van der Waals surface area (Å²) >= 11 is 0. The molecule has 31 heavy (non-hydrogen) atoms. The highest BCUT2D eigenvalue weighted by atomic mass is 16.1. The Morgan fingerprint density at radius 3 is 2.48 bits per heavy atom. The van der Waals surface area contributed by atoms with Gasteiger partial charge in [0.25, 0.3) is 0 Å². The molecule has 0 radical (unpaired) electrons. The Hall–Kier alpha value is -3.47. The maximum Gasteiger partial charge on any atom is 0.250 e. The number of primary amides is 1. The van der Waals surface area contributed by atoms with Gasteiger partial charge in [0.05, 0.1) is 5.56 Å². The molecule has 1 aromatic heterocycles. The predicted octanol–water partition coefficient (Wildman–Crippen LogP) is 4.62. The van der Waals surface area contributed by atoms with E-state index in [0.717, 1.165) is 47.3 Å². The molecule has 158 valence electrons. The van der Waals surface area contributed by atoms with Crippen LogP contribution in [0.3, 0.4) is 0 Å². The lowest BCUT2D eigenvalue weighted by Crippen LogP contribution is -2.21. The molecule has 2 unspecified atom stereocenters. The van der Waals surface area contributed by atoms with E-state index in [4.69, 9.17) is 5.73 Å². The Balaban J connectivity index is 1.38. The third kappa shape index (κ3) is 5.00. The minimum atomic E-state index is -0.457. The third-order valence-electron chi connectivity index (χ3n) is 6.17. The molecule has 2 atom stereocenters. The molecule has 0 spiro atoms. The number of pyridine rings is 1. The first-order valence-corrected chi connectivity index (χ1v) is 10.7. The maximum absolute atomic E-state index is 12.7. The molecule has 0 fully saturated rings. The van der Waals surface area contributed by atoms with Crippen LogP contribution in [0.4, 0.5) is 5.69 Å². The molecule has 5 heteroatoms. The van der Waals surface area contributed by atoms with E-state index < -0.39 is 5.91 Å². The quantitative estimate of drug-likeness (QED) is 0.599. The topological polar surface area (TPSA) is 85.1 Å². The summed E-state index contributed by atoms with van der Waals surface area (Å²) in [5.41, 5.74) is 11.0. The van der Waals surface area contributed by atoms with Crippen molar-refractivity contribution in [3.05, 3.63) is 83.7 Å². The number of anilines is 1. The number of aromatic nitrogens is 1. The lowest BCUT2D eigenvalue weighted by molar-refractivity contribution is -0.117. The van der Waals surface area contributed by atoms with Gasteiger partial charge in [-0.25, -0.2) is 0 Å². The van der Waals surface area contributed by atoms with Crippen molar-refractivity contribution in [2.24, 2.45) is 17.6 Å². The van der Waals surface area contributed by atoms with Gasteiger partial charge in [-0.15, -0.1) is 0 Å². The van der Waals surface area contributed by atoms with Gasteiger partial charge < -0.3 is 11.1 Å². The van der Waals surface area contributed by atoms with Gasteiger partial charge in [0.15, 0.2) is 0 Å². The largest absolute Gasteiger partial charge is 0.366 e. The molecule has 1 aliphatic rings. The zero-order valence-electron chi connectivity index (χ0n) is 17.7. The summed E-state index contributed by atoms with van der Waals surface area (Å²) in [7, 11) is 0. The van der Waals surface area contributed by atoms with E-state index in [-0.39, 0.29) is 11.8 Å². The van der Waals surface area contributed by atoms with Gasteiger partial charge >= 0.3 is 0 Å². The number of nitrogens with zero attached hydrogens (tertiary/aromatic N) is 1. The van der Waals surface area contributed by atoms with Crippen LogP contribution >= 0.6 is 0 Å². The number of nitrogens with one attached hydrogen (secondary N) is 1. The minimum absolute atomic E-state index is 0.0288. The first-order valence-electron chi connectivity index (χ1n) is 10.7. The molecule has 5 nitrogen and oxygen atoms in total. The summed E-state index contributed by atoms with van der Waals surface area (Å²) in [5.74, 6) is 0.164. The number of aryl methyl sites for hydroxylation is 1. The highest BCUT2D eigenvalue weighted by molar-refractivity contribution is 5.92. The molecule has 2 amide bonds. The fourth-order valence-electron chi connectivity index (χ4n) is 4.30. The highest BCUT2D eigenvalue weighted by Gasteiger charge is 2.26. The maximum atomic E-state index is 12.7. The van der Waals surface area contributed by atoms with E-state index in [0.29, 0.717) is 17.9 Å². The number of fused-ring (bicyclic) bond motifs is 1. The third-order valence-corrected chi connectivity index (χ3v) is 6.17. The van der Waals surface area contributed by atoms with E-state index in [1.165, 1.54) is 0 Å². The number of benzene rings is 2. The summed E-state index contributed by atoms with van der Waals surface area (Å²) in [6.07, 6.45) is 4.52. The first-order chi connectivity index (χ1) is 15.0. The predicted molar refractivity (Wildman–Crippen MR) is 123 cm³/mol. The van der Waals surface area contributed by atoms with Crippen molar-refractivity contribution in [2.45, 2.75) is 32.6 Å². The van der Waals surface area contributed by atoms with Crippen LogP contribution in [0.25, 0.3) is 11.1 Å². The van der Waals surface area contributed by atoms with Crippen molar-refractivity contribution in [3.8, 4) is 11.1 Å². The lowest BCUT2D eigenvalue weighted by atomic mass is 9.86. The van der Waals surface area contributed by atoms with Crippen LogP contribution < -0.4 is 11.1 Å². The number of rotatable bonds is 5. The molecule has 1 heterocycles. The van der Waals surface area contributed by atoms with E-state index >= 15 is 0 Å². The van der Waals surface area contributed by atoms with Crippen LogP contribution in [0.5, 0.6) is 0 Å². The van der Waals surface area contributed by atoms with Gasteiger partial charge in [0, 0.05) is 24.0 Å². The molecule has 1 aliphatic carbocycles. The number of hydrogen-bond acceptors (Lipinski definition) is 3. The van der Waals surface area contributed by atoms with E-state index in [2.05, 4.69) is 29.4 Å². The first kappa shape index (κ1) is 20.8. The van der Waals surface area contributed by atoms with E-state index in [1.54, 1.807) is 6.20 Å². The lowest BCUT2D eigenvalue weighted by Gasteiger charge is -2.20. The number of nitrogens with two attached hydrogens (primary N) is 1. The number of carbonyl (C=O) groups is 2. The van der Waals surface area contributed by atoms with Crippen molar-refractivity contribution in [1.82, 2.24) is 4.98 Å². The Morgan fingerprint density at radius 2 is 1.77 bits per heavy atom. The van der Waals surface area contributed by atoms with Gasteiger partial charge in [0.2, 0.25) is 11.8 Å². The Labute approximate surface area is 182 Å². The standard InChI is InChI=1S/C26H27N3O2/c1-17-13-24-21(14-22(16-28-24)26(27)31)8-7-20(17)15-25(30)29-23-11-9-19(10-12-23)18-5-3-2-4-6-18/h2-6,9-12,14,16-17,20H,7-8,13,15H2,1H3,(H2,27,31)(H,29,30). The molecule has 0 saturated carbocycles. The van der Waals surface area contributed by atoms with Gasteiger partial charge in [-0.1, -0.05) is 49.4 Å². The molecule has 2 aromatic carbocycles. The molecule has 0 aliphatic heterocycles. The van der Waals surface area contributed by atoms with Gasteiger partial charge in [-0.2, -0.15) is 0 Å². The highest BCUT2D eigenvalue weighted by Crippen LogP contribution is 2.31. The van der Waals surface area contributed by atoms with Gasteiger partial charge in [-0.05, 0) is 66.0 Å². The molecule has 4 rings (SSSR count). The molecule has 0 bridgehead atoms. The fourth-order valence-corrected chi connectivity index (χ4v) is 4.30.